The van der Waals surface area contributed by atoms with E-state index in [4.69, 9.17) is 0 Å². The lowest BCUT2D eigenvalue weighted by Crippen LogP contribution is -2.33. The molecule has 0 saturated carbocycles. The van der Waals surface area contributed by atoms with Gasteiger partial charge in [-0.25, -0.2) is 0 Å². The summed E-state index contributed by atoms with van der Waals surface area (Å²) in [4.78, 5) is 12.0. The molecule has 0 atom stereocenters. The van der Waals surface area contributed by atoms with Crippen LogP contribution in [0.3, 0.4) is 0 Å². The van der Waals surface area contributed by atoms with E-state index in [1.807, 2.05) is 7.05 Å². The van der Waals surface area contributed by atoms with E-state index in [-0.39, 0.29) is 0 Å². The van der Waals surface area contributed by atoms with Gasteiger partial charge in [0.25, 0.3) is 0 Å². The van der Waals surface area contributed by atoms with Crippen LogP contribution in [0.4, 0.5) is 10.1 Å². The Morgan fingerprint density at radius 3 is 2.68 bits per heavy atom. The molecule has 1 rings (SSSR count). The molecule has 0 aliphatic carbocycles. The number of nitrogens with zero attached hydrogens (tertiary/aromatic N) is 2. The maximum atomic E-state index is 13.4. The number of nitro benzene ring substituents is 1. The highest BCUT2D eigenvalue weighted by atomic mass is 19.1. The molecule has 5 nitrogen and oxygen atoms in total. The highest BCUT2D eigenvalue weighted by Crippen LogP contribution is 2.17. The lowest BCUT2D eigenvalue weighted by atomic mass is 10.2. The molecule has 0 unspecified atom stereocenters. The molecule has 0 radical (unpaired) electrons. The Bertz CT molecular complexity index is 438. The van der Waals surface area contributed by atoms with Crippen LogP contribution in [0.25, 0.3) is 0 Å². The number of rotatable bonds is 7. The molecule has 0 aromatic heterocycles. The molecule has 0 amide bonds. The van der Waals surface area contributed by atoms with E-state index >= 15 is 0 Å². The normalized spacial score (nSPS) is 11.3. The summed E-state index contributed by atoms with van der Waals surface area (Å²) in [6.45, 7) is 6.42. The fourth-order valence-corrected chi connectivity index (χ4v) is 1.55. The van der Waals surface area contributed by atoms with Gasteiger partial charge in [-0.1, -0.05) is 6.07 Å². The summed E-state index contributed by atoms with van der Waals surface area (Å²) < 4.78 is 13.4. The van der Waals surface area contributed by atoms with Crippen molar-refractivity contribution < 1.29 is 9.31 Å². The molecule has 106 valence electrons. The zero-order chi connectivity index (χ0) is 14.4. The Kier molecular flexibility index (Phi) is 5.85. The van der Waals surface area contributed by atoms with Gasteiger partial charge in [-0.2, -0.15) is 4.39 Å². The number of likely N-dealkylation sites (N-methyl/N-ethyl adjacent to an activating group) is 1. The summed E-state index contributed by atoms with van der Waals surface area (Å²) in [6, 6.07) is 4.46. The summed E-state index contributed by atoms with van der Waals surface area (Å²) in [5.74, 6) is -0.788. The van der Waals surface area contributed by atoms with Crippen LogP contribution in [0.1, 0.15) is 19.4 Å². The molecule has 0 saturated heterocycles. The Hall–Kier alpha value is -1.53. The van der Waals surface area contributed by atoms with E-state index in [1.54, 1.807) is 6.07 Å². The minimum absolute atomic E-state index is 0.483. The van der Waals surface area contributed by atoms with Gasteiger partial charge in [0.2, 0.25) is 5.82 Å². The topological polar surface area (TPSA) is 58.4 Å². The van der Waals surface area contributed by atoms with Crippen LogP contribution in [0.2, 0.25) is 0 Å². The number of hydrogen-bond donors (Lipinski definition) is 1. The van der Waals surface area contributed by atoms with Crippen molar-refractivity contribution in [3.63, 3.8) is 0 Å². The first kappa shape index (κ1) is 15.5. The molecule has 0 spiro atoms. The quantitative estimate of drug-likeness (QED) is 0.468. The van der Waals surface area contributed by atoms with Crippen LogP contribution in [-0.2, 0) is 6.54 Å². The third-order valence-corrected chi connectivity index (χ3v) is 3.06. The van der Waals surface area contributed by atoms with E-state index in [2.05, 4.69) is 24.1 Å². The van der Waals surface area contributed by atoms with Crippen molar-refractivity contribution in [2.75, 3.05) is 20.1 Å². The van der Waals surface area contributed by atoms with Crippen LogP contribution < -0.4 is 5.32 Å². The van der Waals surface area contributed by atoms with Crippen LogP contribution in [0.5, 0.6) is 0 Å². The van der Waals surface area contributed by atoms with Crippen molar-refractivity contribution in [3.8, 4) is 0 Å². The van der Waals surface area contributed by atoms with E-state index in [0.717, 1.165) is 13.1 Å². The first-order valence-electron chi connectivity index (χ1n) is 6.25. The molecule has 1 N–H and O–H groups in total. The average Bonchev–Trinajstić information content (AvgIpc) is 2.33. The van der Waals surface area contributed by atoms with E-state index < -0.39 is 16.4 Å². The number of nitrogens with one attached hydrogen (secondary N) is 1. The minimum Gasteiger partial charge on any atom is -0.311 e. The smallest absolute Gasteiger partial charge is 0.304 e. The maximum absolute atomic E-state index is 13.4. The lowest BCUT2D eigenvalue weighted by Gasteiger charge is -2.20. The molecule has 0 fully saturated rings. The molecule has 0 bridgehead atoms. The van der Waals surface area contributed by atoms with Crippen LogP contribution in [0.15, 0.2) is 18.2 Å². The summed E-state index contributed by atoms with van der Waals surface area (Å²) in [5.41, 5.74) is 0.221. The second kappa shape index (κ2) is 7.16. The van der Waals surface area contributed by atoms with Crippen LogP contribution >= 0.6 is 0 Å². The first-order chi connectivity index (χ1) is 8.91. The Balaban J connectivity index is 2.42. The minimum atomic E-state index is -0.788. The second-order valence-electron chi connectivity index (χ2n) is 4.79. The lowest BCUT2D eigenvalue weighted by molar-refractivity contribution is -0.387. The van der Waals surface area contributed by atoms with Gasteiger partial charge < -0.3 is 10.2 Å². The van der Waals surface area contributed by atoms with E-state index in [9.17, 15) is 14.5 Å². The van der Waals surface area contributed by atoms with Gasteiger partial charge in [-0.15, -0.1) is 0 Å². The van der Waals surface area contributed by atoms with Gasteiger partial charge in [0.05, 0.1) is 4.92 Å². The third kappa shape index (κ3) is 4.92. The highest BCUT2D eigenvalue weighted by molar-refractivity contribution is 5.34. The fourth-order valence-electron chi connectivity index (χ4n) is 1.55. The van der Waals surface area contributed by atoms with Crippen LogP contribution in [-0.4, -0.2) is 36.0 Å². The predicted octanol–water partition coefficient (Wildman–Crippen LogP) is 2.16. The molecule has 6 heteroatoms. The Morgan fingerprint density at radius 2 is 2.16 bits per heavy atom. The van der Waals surface area contributed by atoms with Gasteiger partial charge in [0.15, 0.2) is 0 Å². The van der Waals surface area contributed by atoms with Crippen molar-refractivity contribution in [3.05, 3.63) is 39.7 Å². The van der Waals surface area contributed by atoms with Crippen molar-refractivity contribution in [2.24, 2.45) is 0 Å². The number of nitro groups is 1. The largest absolute Gasteiger partial charge is 0.311 e. The molecular weight excluding hydrogens is 249 g/mol. The summed E-state index contributed by atoms with van der Waals surface area (Å²) in [5, 5.41) is 13.7. The molecule has 0 heterocycles. The SMILES string of the molecule is CC(C)N(C)CCNCc1ccc([N+](=O)[O-])c(F)c1. The number of halogens is 1. The molecular formula is C13H20FN3O2. The first-order valence-corrected chi connectivity index (χ1v) is 6.25. The maximum Gasteiger partial charge on any atom is 0.304 e. The summed E-state index contributed by atoms with van der Waals surface area (Å²) >= 11 is 0. The van der Waals surface area contributed by atoms with Gasteiger partial charge in [-0.05, 0) is 32.5 Å². The highest BCUT2D eigenvalue weighted by Gasteiger charge is 2.13. The zero-order valence-electron chi connectivity index (χ0n) is 11.5. The van der Waals surface area contributed by atoms with Gasteiger partial charge in [0.1, 0.15) is 0 Å². The predicted molar refractivity (Wildman–Crippen MR) is 72.5 cm³/mol. The molecule has 1 aromatic carbocycles. The van der Waals surface area contributed by atoms with Crippen molar-refractivity contribution in [2.45, 2.75) is 26.4 Å². The Labute approximate surface area is 112 Å². The standard InChI is InChI=1S/C13H20FN3O2/c1-10(2)16(3)7-6-15-9-11-4-5-13(17(18)19)12(14)8-11/h4-5,8,10,15H,6-7,9H2,1-3H3. The number of benzene rings is 1. The third-order valence-electron chi connectivity index (χ3n) is 3.06. The van der Waals surface area contributed by atoms with Gasteiger partial charge in [-0.3, -0.25) is 10.1 Å². The fraction of sp³-hybridized carbons (Fsp3) is 0.538. The average molecular weight is 269 g/mol. The van der Waals surface area contributed by atoms with E-state index in [0.29, 0.717) is 18.2 Å². The van der Waals surface area contributed by atoms with Gasteiger partial charge in [0, 0.05) is 31.7 Å². The van der Waals surface area contributed by atoms with E-state index in [1.165, 1.54) is 12.1 Å². The van der Waals surface area contributed by atoms with Gasteiger partial charge >= 0.3 is 5.69 Å². The zero-order valence-corrected chi connectivity index (χ0v) is 11.5. The second-order valence-corrected chi connectivity index (χ2v) is 4.79. The monoisotopic (exact) mass is 269 g/mol. The van der Waals surface area contributed by atoms with Crippen molar-refractivity contribution in [1.82, 2.24) is 10.2 Å². The van der Waals surface area contributed by atoms with Crippen molar-refractivity contribution in [1.29, 1.82) is 0 Å². The molecule has 1 aromatic rings. The van der Waals surface area contributed by atoms with Crippen LogP contribution in [0, 0.1) is 15.9 Å². The molecule has 0 aliphatic rings. The summed E-state index contributed by atoms with van der Waals surface area (Å²) in [7, 11) is 2.04. The number of hydrogen-bond acceptors (Lipinski definition) is 4. The molecule has 0 aliphatic heterocycles. The molecule has 19 heavy (non-hydrogen) atoms. The Morgan fingerprint density at radius 1 is 1.47 bits per heavy atom. The summed E-state index contributed by atoms with van der Waals surface area (Å²) in [6.07, 6.45) is 0. The van der Waals surface area contributed by atoms with Crippen molar-refractivity contribution >= 4 is 5.69 Å².